The number of nitrogens with one attached hydrogen (secondary N) is 1. The van der Waals surface area contributed by atoms with Gasteiger partial charge in [-0.15, -0.1) is 23.5 Å². The Bertz CT molecular complexity index is 940. The van der Waals surface area contributed by atoms with Crippen LogP contribution in [-0.4, -0.2) is 27.7 Å². The number of carbonyl (C=O) groups excluding carboxylic acids is 1. The Morgan fingerprint density at radius 3 is 2.27 bits per heavy atom. The summed E-state index contributed by atoms with van der Waals surface area (Å²) in [5.41, 5.74) is 3.75. The number of rotatable bonds is 4. The predicted molar refractivity (Wildman–Crippen MR) is 115 cm³/mol. The highest BCUT2D eigenvalue weighted by Gasteiger charge is 2.32. The number of amides is 1. The van der Waals surface area contributed by atoms with Gasteiger partial charge >= 0.3 is 0 Å². The molecule has 5 heteroatoms. The van der Waals surface area contributed by atoms with Gasteiger partial charge < -0.3 is 0 Å². The van der Waals surface area contributed by atoms with Crippen molar-refractivity contribution in [2.45, 2.75) is 17.4 Å². The van der Waals surface area contributed by atoms with Crippen molar-refractivity contribution in [1.82, 2.24) is 5.43 Å². The van der Waals surface area contributed by atoms with Crippen molar-refractivity contribution >= 4 is 57.2 Å². The first kappa shape index (κ1) is 17.4. The molecule has 1 saturated heterocycles. The third-order valence-electron chi connectivity index (χ3n) is 4.58. The van der Waals surface area contributed by atoms with E-state index >= 15 is 0 Å². The topological polar surface area (TPSA) is 41.5 Å². The molecular formula is C21H20N2OS2. The van der Waals surface area contributed by atoms with Crippen molar-refractivity contribution in [3.05, 3.63) is 60.2 Å². The van der Waals surface area contributed by atoms with Crippen LogP contribution in [0.1, 0.15) is 18.9 Å². The number of hydrogen-bond acceptors (Lipinski definition) is 4. The van der Waals surface area contributed by atoms with Gasteiger partial charge in [0.05, 0.1) is 16.7 Å². The molecule has 1 fully saturated rings. The molecule has 0 unspecified atom stereocenters. The summed E-state index contributed by atoms with van der Waals surface area (Å²) in [6.07, 6.45) is 2.26. The smallest absolute Gasteiger partial charge is 0.242 e. The fourth-order valence-electron chi connectivity index (χ4n) is 3.35. The molecule has 0 spiro atoms. The first-order valence-corrected chi connectivity index (χ1v) is 10.6. The van der Waals surface area contributed by atoms with Gasteiger partial charge in [-0.25, -0.2) is 5.43 Å². The van der Waals surface area contributed by atoms with Crippen LogP contribution in [0, 0.1) is 0 Å². The number of fused-ring (bicyclic) bond motifs is 2. The SMILES string of the molecule is CC1(CC(=O)N/N=C\c2c3ccccc3cc3ccccc23)SCCS1. The molecule has 0 atom stereocenters. The fraction of sp³-hybridized carbons (Fsp3) is 0.238. The third-order valence-corrected chi connectivity index (χ3v) is 7.87. The minimum Gasteiger partial charge on any atom is -0.273 e. The fourth-order valence-corrected chi connectivity index (χ4v) is 6.18. The predicted octanol–water partition coefficient (Wildman–Crippen LogP) is 5.03. The van der Waals surface area contributed by atoms with Crippen LogP contribution in [0.5, 0.6) is 0 Å². The van der Waals surface area contributed by atoms with E-state index in [1.54, 1.807) is 6.21 Å². The molecule has 1 amide bonds. The van der Waals surface area contributed by atoms with Gasteiger partial charge in [0.25, 0.3) is 0 Å². The van der Waals surface area contributed by atoms with Crippen LogP contribution >= 0.6 is 23.5 Å². The van der Waals surface area contributed by atoms with Crippen molar-refractivity contribution in [1.29, 1.82) is 0 Å². The van der Waals surface area contributed by atoms with Crippen molar-refractivity contribution in [3.63, 3.8) is 0 Å². The molecule has 3 nitrogen and oxygen atoms in total. The van der Waals surface area contributed by atoms with Crippen LogP contribution in [0.25, 0.3) is 21.5 Å². The van der Waals surface area contributed by atoms with E-state index in [-0.39, 0.29) is 9.99 Å². The average molecular weight is 381 g/mol. The van der Waals surface area contributed by atoms with E-state index in [2.05, 4.69) is 47.8 Å². The third kappa shape index (κ3) is 3.60. The van der Waals surface area contributed by atoms with Crippen molar-refractivity contribution in [2.75, 3.05) is 11.5 Å². The van der Waals surface area contributed by atoms with E-state index in [0.29, 0.717) is 6.42 Å². The van der Waals surface area contributed by atoms with Gasteiger partial charge in [0.15, 0.2) is 0 Å². The summed E-state index contributed by atoms with van der Waals surface area (Å²) in [5, 5.41) is 8.89. The Balaban J connectivity index is 1.61. The Hall–Kier alpha value is -1.98. The minimum absolute atomic E-state index is 0.0221. The second kappa shape index (κ2) is 7.33. The lowest BCUT2D eigenvalue weighted by Gasteiger charge is -2.19. The van der Waals surface area contributed by atoms with E-state index < -0.39 is 0 Å². The molecule has 1 N–H and O–H groups in total. The van der Waals surface area contributed by atoms with E-state index in [1.807, 2.05) is 47.8 Å². The van der Waals surface area contributed by atoms with Crippen LogP contribution in [0.15, 0.2) is 59.7 Å². The molecule has 132 valence electrons. The molecule has 0 saturated carbocycles. The lowest BCUT2D eigenvalue weighted by molar-refractivity contribution is -0.121. The zero-order chi connectivity index (χ0) is 18.0. The van der Waals surface area contributed by atoms with Crippen molar-refractivity contribution in [3.8, 4) is 0 Å². The number of nitrogens with zero attached hydrogens (tertiary/aromatic N) is 1. The maximum absolute atomic E-state index is 12.3. The summed E-state index contributed by atoms with van der Waals surface area (Å²) in [7, 11) is 0. The Kier molecular flexibility index (Phi) is 4.92. The molecule has 1 aliphatic heterocycles. The van der Waals surface area contributed by atoms with E-state index in [1.165, 1.54) is 10.8 Å². The molecule has 26 heavy (non-hydrogen) atoms. The summed E-state index contributed by atoms with van der Waals surface area (Å²) >= 11 is 3.71. The normalized spacial score (nSPS) is 16.5. The summed E-state index contributed by atoms with van der Waals surface area (Å²) in [5.74, 6) is 2.19. The zero-order valence-corrected chi connectivity index (χ0v) is 16.2. The van der Waals surface area contributed by atoms with E-state index in [0.717, 1.165) is 27.8 Å². The van der Waals surface area contributed by atoms with Gasteiger partial charge in [0.1, 0.15) is 0 Å². The second-order valence-corrected chi connectivity index (χ2v) is 9.99. The highest BCUT2D eigenvalue weighted by atomic mass is 32.2. The molecule has 3 aromatic carbocycles. The molecular weight excluding hydrogens is 360 g/mol. The van der Waals surface area contributed by atoms with Crippen molar-refractivity contribution in [2.24, 2.45) is 5.10 Å². The van der Waals surface area contributed by atoms with Gasteiger partial charge in [-0.05, 0) is 34.5 Å². The van der Waals surface area contributed by atoms with Gasteiger partial charge in [-0.2, -0.15) is 5.10 Å². The molecule has 1 heterocycles. The first-order chi connectivity index (χ1) is 12.6. The van der Waals surface area contributed by atoms with Gasteiger partial charge in [0.2, 0.25) is 5.91 Å². The lowest BCUT2D eigenvalue weighted by atomic mass is 9.97. The Morgan fingerprint density at radius 2 is 1.65 bits per heavy atom. The first-order valence-electron chi connectivity index (χ1n) is 8.65. The van der Waals surface area contributed by atoms with Crippen LogP contribution in [0.2, 0.25) is 0 Å². The molecule has 0 bridgehead atoms. The molecule has 1 aliphatic rings. The number of benzene rings is 3. The molecule has 4 rings (SSSR count). The monoisotopic (exact) mass is 380 g/mol. The standard InChI is InChI=1S/C21H20N2OS2/c1-21(25-10-11-26-21)13-20(24)23-22-14-19-17-8-4-2-6-15(17)12-16-7-3-5-9-18(16)19/h2-9,12,14H,10-11,13H2,1H3,(H,23,24)/b22-14-. The number of carbonyl (C=O) groups is 1. The summed E-state index contributed by atoms with van der Waals surface area (Å²) in [6, 6.07) is 18.7. The molecule has 3 aromatic rings. The molecule has 0 aromatic heterocycles. The Morgan fingerprint density at radius 1 is 1.08 bits per heavy atom. The van der Waals surface area contributed by atoms with E-state index in [9.17, 15) is 4.79 Å². The average Bonchev–Trinajstić information content (AvgIpc) is 3.07. The van der Waals surface area contributed by atoms with Gasteiger partial charge in [-0.3, -0.25) is 4.79 Å². The highest BCUT2D eigenvalue weighted by molar-refractivity contribution is 8.21. The van der Waals surface area contributed by atoms with Crippen molar-refractivity contribution < 1.29 is 4.79 Å². The highest BCUT2D eigenvalue weighted by Crippen LogP contribution is 2.45. The van der Waals surface area contributed by atoms with Gasteiger partial charge in [-0.1, -0.05) is 48.5 Å². The largest absolute Gasteiger partial charge is 0.273 e. The summed E-state index contributed by atoms with van der Waals surface area (Å²) < 4.78 is -0.0221. The van der Waals surface area contributed by atoms with E-state index in [4.69, 9.17) is 0 Å². The Labute approximate surface area is 161 Å². The lowest BCUT2D eigenvalue weighted by Crippen LogP contribution is -2.26. The second-order valence-electron chi connectivity index (χ2n) is 6.53. The zero-order valence-electron chi connectivity index (χ0n) is 14.6. The van der Waals surface area contributed by atoms with Crippen LogP contribution in [0.4, 0.5) is 0 Å². The van der Waals surface area contributed by atoms with Crippen LogP contribution in [0.3, 0.4) is 0 Å². The number of hydrogen-bond donors (Lipinski definition) is 1. The number of hydrazone groups is 1. The molecule has 0 aliphatic carbocycles. The summed E-state index contributed by atoms with van der Waals surface area (Å²) in [4.78, 5) is 12.3. The molecule has 0 radical (unpaired) electrons. The minimum atomic E-state index is -0.0322. The van der Waals surface area contributed by atoms with Gasteiger partial charge in [0, 0.05) is 17.1 Å². The summed E-state index contributed by atoms with van der Waals surface area (Å²) in [6.45, 7) is 2.14. The number of thioether (sulfide) groups is 2. The maximum Gasteiger partial charge on any atom is 0.242 e. The maximum atomic E-state index is 12.3. The van der Waals surface area contributed by atoms with Crippen LogP contribution in [-0.2, 0) is 4.79 Å². The van der Waals surface area contributed by atoms with Crippen LogP contribution < -0.4 is 5.43 Å². The quantitative estimate of drug-likeness (QED) is 0.392.